The maximum Gasteiger partial charge on any atom is 0.573 e. The first kappa shape index (κ1) is 22.8. The zero-order valence-electron chi connectivity index (χ0n) is 16.2. The van der Waals surface area contributed by atoms with Gasteiger partial charge in [-0.05, 0) is 61.9 Å². The molecule has 0 radical (unpaired) electrons. The number of carboxylic acids is 1. The van der Waals surface area contributed by atoms with E-state index in [2.05, 4.69) is 10.1 Å². The van der Waals surface area contributed by atoms with Crippen molar-refractivity contribution in [1.29, 1.82) is 0 Å². The van der Waals surface area contributed by atoms with Crippen LogP contribution in [0.1, 0.15) is 29.8 Å². The fraction of sp³-hybridized carbons (Fsp3) is 0.238. The van der Waals surface area contributed by atoms with Crippen molar-refractivity contribution >= 4 is 11.9 Å². The zero-order chi connectivity index (χ0) is 22.3. The summed E-state index contributed by atoms with van der Waals surface area (Å²) >= 11 is 0. The molecule has 1 atom stereocenters. The van der Waals surface area contributed by atoms with E-state index in [0.717, 1.165) is 12.1 Å². The molecule has 0 aliphatic rings. The average molecular weight is 423 g/mol. The molecular weight excluding hydrogens is 403 g/mol. The van der Waals surface area contributed by atoms with Crippen LogP contribution in [-0.4, -0.2) is 29.4 Å². The highest BCUT2D eigenvalue weighted by molar-refractivity contribution is 5.96. The van der Waals surface area contributed by atoms with Gasteiger partial charge in [-0.1, -0.05) is 12.1 Å². The van der Waals surface area contributed by atoms with Crippen molar-refractivity contribution < 1.29 is 37.3 Å². The number of halogens is 3. The molecule has 160 valence electrons. The highest BCUT2D eigenvalue weighted by atomic mass is 19.4. The summed E-state index contributed by atoms with van der Waals surface area (Å²) < 4.78 is 45.9. The molecule has 1 unspecified atom stereocenters. The molecule has 0 bridgehead atoms. The number of carboxylic acid groups (broad SMARTS) is 1. The third kappa shape index (κ3) is 7.16. The zero-order valence-corrected chi connectivity index (χ0v) is 16.2. The van der Waals surface area contributed by atoms with E-state index in [0.29, 0.717) is 17.1 Å². The normalized spacial score (nSPS) is 12.8. The number of ether oxygens (including phenoxy) is 2. The van der Waals surface area contributed by atoms with Crippen molar-refractivity contribution in [2.45, 2.75) is 32.7 Å². The summed E-state index contributed by atoms with van der Waals surface area (Å²) in [4.78, 5) is 23.9. The SMILES string of the molecule is C/C=C(\C)Oc1ccc(C(=O)NC(Cc2ccc(OC(F)(F)F)cc2)C(=O)O)cc1. The van der Waals surface area contributed by atoms with Gasteiger partial charge >= 0.3 is 12.3 Å². The van der Waals surface area contributed by atoms with Gasteiger partial charge in [-0.25, -0.2) is 4.79 Å². The summed E-state index contributed by atoms with van der Waals surface area (Å²) in [5.74, 6) is -1.09. The van der Waals surface area contributed by atoms with E-state index >= 15 is 0 Å². The number of hydrogen-bond donors (Lipinski definition) is 2. The van der Waals surface area contributed by atoms with Crippen molar-refractivity contribution in [3.05, 3.63) is 71.5 Å². The Bertz CT molecular complexity index is 906. The Morgan fingerprint density at radius 1 is 1.07 bits per heavy atom. The van der Waals surface area contributed by atoms with Crippen molar-refractivity contribution in [2.75, 3.05) is 0 Å². The molecule has 0 saturated carbocycles. The van der Waals surface area contributed by atoms with Gasteiger partial charge in [-0.15, -0.1) is 13.2 Å². The van der Waals surface area contributed by atoms with Gasteiger partial charge in [0.25, 0.3) is 5.91 Å². The number of benzene rings is 2. The van der Waals surface area contributed by atoms with Crippen LogP contribution in [-0.2, 0) is 11.2 Å². The second-order valence-corrected chi connectivity index (χ2v) is 6.29. The first-order valence-corrected chi connectivity index (χ1v) is 8.86. The molecule has 2 aromatic rings. The van der Waals surface area contributed by atoms with Crippen LogP contribution in [0, 0.1) is 0 Å². The molecule has 2 rings (SSSR count). The van der Waals surface area contributed by atoms with Gasteiger partial charge in [0.15, 0.2) is 0 Å². The number of alkyl halides is 3. The van der Waals surface area contributed by atoms with Crippen molar-refractivity contribution in [1.82, 2.24) is 5.32 Å². The van der Waals surface area contributed by atoms with Gasteiger partial charge in [0, 0.05) is 12.0 Å². The summed E-state index contributed by atoms with van der Waals surface area (Å²) in [6.07, 6.45) is -3.15. The molecule has 6 nitrogen and oxygen atoms in total. The van der Waals surface area contributed by atoms with Gasteiger partial charge in [0.05, 0.1) is 5.76 Å². The summed E-state index contributed by atoms with van der Waals surface area (Å²) in [6, 6.07) is 9.65. The quantitative estimate of drug-likeness (QED) is 0.618. The van der Waals surface area contributed by atoms with Gasteiger partial charge in [-0.3, -0.25) is 4.79 Å². The van der Waals surface area contributed by atoms with Crippen LogP contribution in [0.15, 0.2) is 60.4 Å². The lowest BCUT2D eigenvalue weighted by atomic mass is 10.1. The topological polar surface area (TPSA) is 84.9 Å². The third-order valence-electron chi connectivity index (χ3n) is 4.00. The molecule has 30 heavy (non-hydrogen) atoms. The highest BCUT2D eigenvalue weighted by Gasteiger charge is 2.31. The summed E-state index contributed by atoms with van der Waals surface area (Å²) in [7, 11) is 0. The van der Waals surface area contributed by atoms with Crippen LogP contribution >= 0.6 is 0 Å². The lowest BCUT2D eigenvalue weighted by Crippen LogP contribution is -2.42. The Kier molecular flexibility index (Phi) is 7.46. The number of rotatable bonds is 8. The maximum atomic E-state index is 12.4. The Hall–Kier alpha value is -3.49. The Morgan fingerprint density at radius 2 is 1.63 bits per heavy atom. The number of aliphatic carboxylic acids is 1. The van der Waals surface area contributed by atoms with Gasteiger partial charge in [-0.2, -0.15) is 0 Å². The van der Waals surface area contributed by atoms with E-state index in [1.807, 2.05) is 6.92 Å². The molecule has 0 aliphatic carbocycles. The second-order valence-electron chi connectivity index (χ2n) is 6.29. The van der Waals surface area contributed by atoms with E-state index in [9.17, 15) is 27.9 Å². The van der Waals surface area contributed by atoms with Crippen LogP contribution in [0.25, 0.3) is 0 Å². The molecule has 2 aromatic carbocycles. The first-order chi connectivity index (χ1) is 14.1. The van der Waals surface area contributed by atoms with Crippen LogP contribution in [0.4, 0.5) is 13.2 Å². The standard InChI is InChI=1S/C21H20F3NO5/c1-3-13(2)29-16-10-6-15(7-11-16)19(26)25-18(20(27)28)12-14-4-8-17(9-5-14)30-21(22,23)24/h3-11,18H,12H2,1-2H3,(H,25,26)(H,27,28)/b13-3+. The molecule has 2 N–H and O–H groups in total. The molecule has 9 heteroatoms. The molecule has 0 heterocycles. The van der Waals surface area contributed by atoms with E-state index < -0.39 is 30.0 Å². The molecule has 0 fully saturated rings. The largest absolute Gasteiger partial charge is 0.573 e. The molecule has 0 spiro atoms. The van der Waals surface area contributed by atoms with Crippen molar-refractivity contribution in [3.63, 3.8) is 0 Å². The lowest BCUT2D eigenvalue weighted by Gasteiger charge is -2.15. The summed E-state index contributed by atoms with van der Waals surface area (Å²) in [5.41, 5.74) is 0.656. The fourth-order valence-corrected chi connectivity index (χ4v) is 2.42. The molecule has 0 aromatic heterocycles. The van der Waals surface area contributed by atoms with Gasteiger partial charge in [0.1, 0.15) is 17.5 Å². The van der Waals surface area contributed by atoms with Crippen LogP contribution < -0.4 is 14.8 Å². The van der Waals surface area contributed by atoms with E-state index in [1.165, 1.54) is 24.3 Å². The molecule has 0 saturated heterocycles. The van der Waals surface area contributed by atoms with Crippen LogP contribution in [0.2, 0.25) is 0 Å². The van der Waals surface area contributed by atoms with Gasteiger partial charge in [0.2, 0.25) is 0 Å². The van der Waals surface area contributed by atoms with Crippen molar-refractivity contribution in [2.24, 2.45) is 0 Å². The highest BCUT2D eigenvalue weighted by Crippen LogP contribution is 2.23. The Labute approximate surface area is 170 Å². The minimum absolute atomic E-state index is 0.116. The predicted molar refractivity (Wildman–Crippen MR) is 102 cm³/mol. The number of carbonyl (C=O) groups excluding carboxylic acids is 1. The molecule has 1 amide bonds. The van der Waals surface area contributed by atoms with E-state index in [-0.39, 0.29) is 12.0 Å². The number of carbonyl (C=O) groups is 2. The maximum absolute atomic E-state index is 12.4. The average Bonchev–Trinajstić information content (AvgIpc) is 2.68. The van der Waals surface area contributed by atoms with Crippen LogP contribution in [0.5, 0.6) is 11.5 Å². The van der Waals surface area contributed by atoms with Crippen molar-refractivity contribution in [3.8, 4) is 11.5 Å². The summed E-state index contributed by atoms with van der Waals surface area (Å²) in [6.45, 7) is 3.60. The van der Waals surface area contributed by atoms with Gasteiger partial charge < -0.3 is 19.9 Å². The first-order valence-electron chi connectivity index (χ1n) is 8.86. The lowest BCUT2D eigenvalue weighted by molar-refractivity contribution is -0.274. The van der Waals surface area contributed by atoms with E-state index in [4.69, 9.17) is 4.74 Å². The number of hydrogen-bond acceptors (Lipinski definition) is 4. The monoisotopic (exact) mass is 423 g/mol. The Balaban J connectivity index is 2.03. The number of nitrogens with one attached hydrogen (secondary N) is 1. The molecular formula is C21H20F3NO5. The Morgan fingerprint density at radius 3 is 2.13 bits per heavy atom. The predicted octanol–water partition coefficient (Wildman–Crippen LogP) is 4.31. The summed E-state index contributed by atoms with van der Waals surface area (Å²) in [5, 5.41) is 11.8. The van der Waals surface area contributed by atoms with E-state index in [1.54, 1.807) is 25.1 Å². The number of allylic oxidation sites excluding steroid dienone is 2. The minimum Gasteiger partial charge on any atom is -0.480 e. The molecule has 0 aliphatic heterocycles. The van der Waals surface area contributed by atoms with Crippen LogP contribution in [0.3, 0.4) is 0 Å². The third-order valence-corrected chi connectivity index (χ3v) is 4.00. The second kappa shape index (κ2) is 9.82. The fourth-order valence-electron chi connectivity index (χ4n) is 2.42. The smallest absolute Gasteiger partial charge is 0.480 e. The minimum atomic E-state index is -4.81. The number of amides is 1.